The van der Waals surface area contributed by atoms with E-state index in [0.717, 1.165) is 17.9 Å². The number of nitrogens with zero attached hydrogens (tertiary/aromatic N) is 1. The van der Waals surface area contributed by atoms with Crippen molar-refractivity contribution in [2.75, 3.05) is 11.9 Å². The van der Waals surface area contributed by atoms with Crippen LogP contribution in [0.5, 0.6) is 0 Å². The van der Waals surface area contributed by atoms with Crippen LogP contribution in [0.4, 0.5) is 5.82 Å². The van der Waals surface area contributed by atoms with Crippen molar-refractivity contribution >= 4 is 17.4 Å². The van der Waals surface area contributed by atoms with E-state index in [1.54, 1.807) is 0 Å². The highest BCUT2D eigenvalue weighted by Crippen LogP contribution is 2.15. The Morgan fingerprint density at radius 1 is 1.46 bits per heavy atom. The topological polar surface area (TPSA) is 24.9 Å². The third kappa shape index (κ3) is 3.23. The van der Waals surface area contributed by atoms with Crippen LogP contribution in [-0.2, 0) is 0 Å². The van der Waals surface area contributed by atoms with Gasteiger partial charge in [0.05, 0.1) is 0 Å². The van der Waals surface area contributed by atoms with Crippen LogP contribution in [0.1, 0.15) is 19.4 Å². The first-order valence-electron chi connectivity index (χ1n) is 4.46. The van der Waals surface area contributed by atoms with Gasteiger partial charge < -0.3 is 5.32 Å². The molecule has 0 atom stereocenters. The maximum atomic E-state index is 5.88. The van der Waals surface area contributed by atoms with Crippen LogP contribution >= 0.6 is 11.6 Å². The summed E-state index contributed by atoms with van der Waals surface area (Å²) >= 11 is 5.88. The van der Waals surface area contributed by atoms with Crippen molar-refractivity contribution < 1.29 is 0 Å². The van der Waals surface area contributed by atoms with Gasteiger partial charge in [0, 0.05) is 6.54 Å². The standard InChI is InChI=1S/C10H15ClN2/c1-7(2)6-12-9-5-4-8(3)10(11)13-9/h4-5,7H,6H2,1-3H3,(H,12,13). The van der Waals surface area contributed by atoms with E-state index in [0.29, 0.717) is 11.1 Å². The van der Waals surface area contributed by atoms with Crippen molar-refractivity contribution in [1.82, 2.24) is 4.98 Å². The molecule has 1 rings (SSSR count). The van der Waals surface area contributed by atoms with E-state index in [-0.39, 0.29) is 0 Å². The molecule has 3 heteroatoms. The zero-order valence-corrected chi connectivity index (χ0v) is 9.02. The summed E-state index contributed by atoms with van der Waals surface area (Å²) in [7, 11) is 0. The lowest BCUT2D eigenvalue weighted by molar-refractivity contribution is 0.687. The molecule has 0 aliphatic heterocycles. The number of nitrogens with one attached hydrogen (secondary N) is 1. The molecule has 0 bridgehead atoms. The van der Waals surface area contributed by atoms with Crippen LogP contribution in [0.3, 0.4) is 0 Å². The average Bonchev–Trinajstić information content (AvgIpc) is 2.07. The van der Waals surface area contributed by atoms with Crippen molar-refractivity contribution in [2.45, 2.75) is 20.8 Å². The van der Waals surface area contributed by atoms with Crippen LogP contribution in [0.2, 0.25) is 5.15 Å². The highest BCUT2D eigenvalue weighted by Gasteiger charge is 1.99. The lowest BCUT2D eigenvalue weighted by Gasteiger charge is -2.08. The summed E-state index contributed by atoms with van der Waals surface area (Å²) in [4.78, 5) is 4.20. The third-order valence-electron chi connectivity index (χ3n) is 1.73. The fourth-order valence-electron chi connectivity index (χ4n) is 0.911. The van der Waals surface area contributed by atoms with Gasteiger partial charge in [-0.1, -0.05) is 31.5 Å². The largest absolute Gasteiger partial charge is 0.370 e. The first kappa shape index (κ1) is 10.3. The first-order chi connectivity index (χ1) is 6.09. The number of aromatic nitrogens is 1. The maximum Gasteiger partial charge on any atom is 0.134 e. The zero-order chi connectivity index (χ0) is 9.84. The molecule has 72 valence electrons. The van der Waals surface area contributed by atoms with E-state index in [1.165, 1.54) is 0 Å². The molecule has 1 aromatic heterocycles. The normalized spacial score (nSPS) is 10.5. The van der Waals surface area contributed by atoms with Crippen LogP contribution in [-0.4, -0.2) is 11.5 Å². The van der Waals surface area contributed by atoms with Crippen molar-refractivity contribution in [1.29, 1.82) is 0 Å². The van der Waals surface area contributed by atoms with Crippen molar-refractivity contribution in [3.05, 3.63) is 22.8 Å². The van der Waals surface area contributed by atoms with Crippen LogP contribution in [0.15, 0.2) is 12.1 Å². The maximum absolute atomic E-state index is 5.88. The lowest BCUT2D eigenvalue weighted by Crippen LogP contribution is -2.09. The van der Waals surface area contributed by atoms with Crippen LogP contribution in [0.25, 0.3) is 0 Å². The van der Waals surface area contributed by atoms with Gasteiger partial charge in [-0.15, -0.1) is 0 Å². The molecule has 0 radical (unpaired) electrons. The number of hydrogen-bond acceptors (Lipinski definition) is 2. The minimum absolute atomic E-state index is 0.578. The van der Waals surface area contributed by atoms with Gasteiger partial charge in [0.25, 0.3) is 0 Å². The van der Waals surface area contributed by atoms with Gasteiger partial charge in [-0.25, -0.2) is 4.98 Å². The molecule has 0 aromatic carbocycles. The van der Waals surface area contributed by atoms with Crippen molar-refractivity contribution in [3.63, 3.8) is 0 Å². The summed E-state index contributed by atoms with van der Waals surface area (Å²) in [6, 6.07) is 3.92. The minimum Gasteiger partial charge on any atom is -0.370 e. The van der Waals surface area contributed by atoms with Gasteiger partial charge in [-0.05, 0) is 24.5 Å². The SMILES string of the molecule is Cc1ccc(NCC(C)C)nc1Cl. The number of aryl methyl sites for hydroxylation is 1. The van der Waals surface area contributed by atoms with E-state index in [1.807, 2.05) is 19.1 Å². The van der Waals surface area contributed by atoms with Gasteiger partial charge in [0.1, 0.15) is 11.0 Å². The molecule has 1 heterocycles. The predicted molar refractivity (Wildman–Crippen MR) is 57.3 cm³/mol. The van der Waals surface area contributed by atoms with E-state index in [9.17, 15) is 0 Å². The molecule has 2 nitrogen and oxygen atoms in total. The monoisotopic (exact) mass is 198 g/mol. The molecular weight excluding hydrogens is 184 g/mol. The fourth-order valence-corrected chi connectivity index (χ4v) is 1.07. The second-order valence-corrected chi connectivity index (χ2v) is 3.94. The van der Waals surface area contributed by atoms with Gasteiger partial charge in [-0.2, -0.15) is 0 Å². The molecule has 0 spiro atoms. The highest BCUT2D eigenvalue weighted by molar-refractivity contribution is 6.30. The molecule has 1 aromatic rings. The second kappa shape index (κ2) is 4.47. The average molecular weight is 199 g/mol. The van der Waals surface area contributed by atoms with Gasteiger partial charge in [-0.3, -0.25) is 0 Å². The van der Waals surface area contributed by atoms with E-state index < -0.39 is 0 Å². The molecule has 0 fully saturated rings. The van der Waals surface area contributed by atoms with Gasteiger partial charge in [0.2, 0.25) is 0 Å². The predicted octanol–water partition coefficient (Wildman–Crippen LogP) is 3.11. The van der Waals surface area contributed by atoms with E-state index in [4.69, 9.17) is 11.6 Å². The fraction of sp³-hybridized carbons (Fsp3) is 0.500. The molecule has 0 saturated carbocycles. The van der Waals surface area contributed by atoms with Crippen molar-refractivity contribution in [2.24, 2.45) is 5.92 Å². The summed E-state index contributed by atoms with van der Waals surface area (Å²) in [5.41, 5.74) is 1.01. The molecule has 0 aliphatic carbocycles. The second-order valence-electron chi connectivity index (χ2n) is 3.58. The summed E-state index contributed by atoms with van der Waals surface area (Å²) in [6.45, 7) is 7.18. The highest BCUT2D eigenvalue weighted by atomic mass is 35.5. The quantitative estimate of drug-likeness (QED) is 0.755. The Hall–Kier alpha value is -0.760. The Morgan fingerprint density at radius 3 is 2.69 bits per heavy atom. The lowest BCUT2D eigenvalue weighted by atomic mass is 10.2. The third-order valence-corrected chi connectivity index (χ3v) is 2.11. The number of rotatable bonds is 3. The van der Waals surface area contributed by atoms with Gasteiger partial charge >= 0.3 is 0 Å². The Kier molecular flexibility index (Phi) is 3.55. The summed E-state index contributed by atoms with van der Waals surface area (Å²) in [6.07, 6.45) is 0. The smallest absolute Gasteiger partial charge is 0.134 e. The number of anilines is 1. The van der Waals surface area contributed by atoms with Crippen LogP contribution in [0, 0.1) is 12.8 Å². The Bertz CT molecular complexity index is 284. The molecule has 0 unspecified atom stereocenters. The molecule has 13 heavy (non-hydrogen) atoms. The number of pyridine rings is 1. The molecule has 1 N–H and O–H groups in total. The van der Waals surface area contributed by atoms with Gasteiger partial charge in [0.15, 0.2) is 0 Å². The summed E-state index contributed by atoms with van der Waals surface area (Å²) in [5, 5.41) is 3.79. The molecule has 0 amide bonds. The summed E-state index contributed by atoms with van der Waals surface area (Å²) < 4.78 is 0. The molecular formula is C10H15ClN2. The Labute approximate surface area is 84.3 Å². The minimum atomic E-state index is 0.578. The summed E-state index contributed by atoms with van der Waals surface area (Å²) in [5.74, 6) is 1.46. The number of hydrogen-bond donors (Lipinski definition) is 1. The first-order valence-corrected chi connectivity index (χ1v) is 4.84. The van der Waals surface area contributed by atoms with Crippen LogP contribution < -0.4 is 5.32 Å². The Morgan fingerprint density at radius 2 is 2.15 bits per heavy atom. The molecule has 0 saturated heterocycles. The zero-order valence-electron chi connectivity index (χ0n) is 8.26. The van der Waals surface area contributed by atoms with E-state index >= 15 is 0 Å². The molecule has 0 aliphatic rings. The Balaban J connectivity index is 2.63. The van der Waals surface area contributed by atoms with Crippen molar-refractivity contribution in [3.8, 4) is 0 Å². The van der Waals surface area contributed by atoms with E-state index in [2.05, 4.69) is 24.1 Å². The number of halogens is 1.